The zero-order valence-electron chi connectivity index (χ0n) is 22.1. The third kappa shape index (κ3) is 3.50. The largest absolute Gasteiger partial charge is 0.478 e. The average Bonchev–Trinajstić information content (AvgIpc) is 3.02. The molecule has 1 N–H and O–H groups in total. The molecule has 33 heavy (non-hydrogen) atoms. The number of carboxylic acids is 1. The highest BCUT2D eigenvalue weighted by Crippen LogP contribution is 2.72. The van der Waals surface area contributed by atoms with Crippen molar-refractivity contribution < 1.29 is 14.7 Å². The predicted molar refractivity (Wildman–Crippen MR) is 134 cm³/mol. The minimum Gasteiger partial charge on any atom is -0.478 e. The lowest BCUT2D eigenvalue weighted by atomic mass is 9.43. The van der Waals surface area contributed by atoms with Crippen LogP contribution < -0.4 is 0 Å². The van der Waals surface area contributed by atoms with E-state index in [0.29, 0.717) is 34.5 Å². The van der Waals surface area contributed by atoms with Gasteiger partial charge in [-0.2, -0.15) is 0 Å². The molecule has 0 saturated heterocycles. The molecule has 0 aliphatic heterocycles. The Morgan fingerprint density at radius 2 is 1.73 bits per heavy atom. The van der Waals surface area contributed by atoms with Crippen molar-refractivity contribution in [2.75, 3.05) is 0 Å². The van der Waals surface area contributed by atoms with E-state index >= 15 is 0 Å². The number of carbonyl (C=O) groups is 2. The molecular formula is C30H46O3. The highest BCUT2D eigenvalue weighted by atomic mass is 16.4. The summed E-state index contributed by atoms with van der Waals surface area (Å²) in [5, 5.41) is 9.16. The van der Waals surface area contributed by atoms with E-state index in [4.69, 9.17) is 5.11 Å². The molecule has 0 aromatic carbocycles. The molecule has 0 radical (unpaired) electrons. The number of allylic oxidation sites excluding steroid dienone is 3. The molecule has 0 unspecified atom stereocenters. The molecule has 2 fully saturated rings. The van der Waals surface area contributed by atoms with Gasteiger partial charge in [0.05, 0.1) is 0 Å². The lowest BCUT2D eigenvalue weighted by molar-refractivity contribution is -0.139. The fraction of sp³-hybridized carbons (Fsp3) is 0.800. The molecule has 0 amide bonds. The second-order valence-electron chi connectivity index (χ2n) is 13.3. The summed E-state index contributed by atoms with van der Waals surface area (Å²) in [5.41, 5.74) is 4.58. The van der Waals surface area contributed by atoms with Crippen LogP contribution in [0.5, 0.6) is 0 Å². The Kier molecular flexibility index (Phi) is 6.07. The highest BCUT2D eigenvalue weighted by molar-refractivity contribution is 5.86. The Bertz CT molecular complexity index is 908. The maximum atomic E-state index is 12.8. The highest BCUT2D eigenvalue weighted by Gasteiger charge is 2.63. The van der Waals surface area contributed by atoms with E-state index in [1.807, 2.05) is 6.08 Å². The predicted octanol–water partition coefficient (Wildman–Crippen LogP) is 7.75. The maximum Gasteiger partial charge on any atom is 0.330 e. The van der Waals surface area contributed by atoms with Gasteiger partial charge in [-0.1, -0.05) is 58.8 Å². The van der Waals surface area contributed by atoms with Gasteiger partial charge in [-0.05, 0) is 98.7 Å². The molecule has 4 aliphatic carbocycles. The Hall–Kier alpha value is -1.38. The van der Waals surface area contributed by atoms with Crippen LogP contribution in [0.25, 0.3) is 0 Å². The quantitative estimate of drug-likeness (QED) is 0.341. The summed E-state index contributed by atoms with van der Waals surface area (Å²) in [6, 6.07) is 0. The van der Waals surface area contributed by atoms with Gasteiger partial charge in [-0.3, -0.25) is 4.79 Å². The Labute approximate surface area is 201 Å². The van der Waals surface area contributed by atoms with E-state index < -0.39 is 5.97 Å². The van der Waals surface area contributed by atoms with Gasteiger partial charge in [-0.15, -0.1) is 0 Å². The molecule has 6 atom stereocenters. The second-order valence-corrected chi connectivity index (χ2v) is 13.3. The zero-order chi connectivity index (χ0) is 24.4. The maximum absolute atomic E-state index is 12.8. The third-order valence-corrected chi connectivity index (χ3v) is 11.7. The number of fused-ring (bicyclic) bond motifs is 4. The summed E-state index contributed by atoms with van der Waals surface area (Å²) in [6.07, 6.45) is 13.0. The lowest BCUT2D eigenvalue weighted by Crippen LogP contribution is -2.53. The van der Waals surface area contributed by atoms with Crippen LogP contribution >= 0.6 is 0 Å². The van der Waals surface area contributed by atoms with Crippen LogP contribution in [0.15, 0.2) is 22.8 Å². The number of Topliss-reactive ketones (excluding diaryl/α,β-unsaturated/α-hetero) is 1. The van der Waals surface area contributed by atoms with Crippen molar-refractivity contribution in [3.8, 4) is 0 Å². The molecular weight excluding hydrogens is 408 g/mol. The van der Waals surface area contributed by atoms with Crippen LogP contribution in [-0.4, -0.2) is 16.9 Å². The third-order valence-electron chi connectivity index (χ3n) is 11.7. The minimum atomic E-state index is -0.800. The van der Waals surface area contributed by atoms with Crippen molar-refractivity contribution >= 4 is 11.8 Å². The smallest absolute Gasteiger partial charge is 0.330 e. The first-order valence-electron chi connectivity index (χ1n) is 13.5. The van der Waals surface area contributed by atoms with Crippen LogP contribution in [0.1, 0.15) is 113 Å². The van der Waals surface area contributed by atoms with E-state index in [1.54, 1.807) is 18.1 Å². The van der Waals surface area contributed by atoms with Gasteiger partial charge in [0.25, 0.3) is 0 Å². The summed E-state index contributed by atoms with van der Waals surface area (Å²) in [5.74, 6) is 1.47. The molecule has 3 nitrogen and oxygen atoms in total. The van der Waals surface area contributed by atoms with Gasteiger partial charge in [0, 0.05) is 17.4 Å². The molecule has 2 saturated carbocycles. The summed E-state index contributed by atoms with van der Waals surface area (Å²) < 4.78 is 0. The molecule has 3 heteroatoms. The van der Waals surface area contributed by atoms with Crippen LogP contribution in [0, 0.1) is 39.4 Å². The minimum absolute atomic E-state index is 0.193. The molecule has 184 valence electrons. The molecule has 0 aromatic rings. The van der Waals surface area contributed by atoms with Crippen molar-refractivity contribution in [1.29, 1.82) is 0 Å². The van der Waals surface area contributed by atoms with Crippen molar-refractivity contribution in [2.24, 2.45) is 39.4 Å². The number of rotatable bonds is 5. The molecule has 4 aliphatic rings. The lowest BCUT2D eigenvalue weighted by Gasteiger charge is -2.61. The van der Waals surface area contributed by atoms with E-state index in [9.17, 15) is 9.59 Å². The van der Waals surface area contributed by atoms with Crippen LogP contribution in [0.3, 0.4) is 0 Å². The Balaban J connectivity index is 1.61. The fourth-order valence-corrected chi connectivity index (χ4v) is 9.29. The summed E-state index contributed by atoms with van der Waals surface area (Å²) in [4.78, 5) is 23.9. The van der Waals surface area contributed by atoms with Gasteiger partial charge >= 0.3 is 5.97 Å². The molecule has 0 bridgehead atoms. The number of carboxylic acid groups (broad SMARTS) is 1. The number of carbonyl (C=O) groups excluding carboxylic acids is 1. The number of hydrogen-bond acceptors (Lipinski definition) is 2. The average molecular weight is 455 g/mol. The first-order valence-corrected chi connectivity index (χ1v) is 13.5. The van der Waals surface area contributed by atoms with Crippen molar-refractivity contribution in [2.45, 2.75) is 113 Å². The van der Waals surface area contributed by atoms with Gasteiger partial charge in [-0.25, -0.2) is 4.79 Å². The first-order chi connectivity index (χ1) is 15.3. The van der Waals surface area contributed by atoms with Crippen LogP contribution in [0.4, 0.5) is 0 Å². The fourth-order valence-electron chi connectivity index (χ4n) is 9.29. The van der Waals surface area contributed by atoms with Gasteiger partial charge in [0.1, 0.15) is 5.78 Å². The zero-order valence-corrected chi connectivity index (χ0v) is 22.1. The van der Waals surface area contributed by atoms with Crippen LogP contribution in [0.2, 0.25) is 0 Å². The molecule has 0 spiro atoms. The van der Waals surface area contributed by atoms with Crippen molar-refractivity contribution in [1.82, 2.24) is 0 Å². The summed E-state index contributed by atoms with van der Waals surface area (Å²) in [7, 11) is 0. The van der Waals surface area contributed by atoms with Crippen molar-refractivity contribution in [3.63, 3.8) is 0 Å². The topological polar surface area (TPSA) is 54.4 Å². The first kappa shape index (κ1) is 24.7. The number of ketones is 1. The van der Waals surface area contributed by atoms with Gasteiger partial charge in [0.2, 0.25) is 0 Å². The van der Waals surface area contributed by atoms with E-state index in [-0.39, 0.29) is 16.2 Å². The van der Waals surface area contributed by atoms with Crippen molar-refractivity contribution in [3.05, 3.63) is 22.8 Å². The summed E-state index contributed by atoms with van der Waals surface area (Å²) in [6.45, 7) is 16.2. The van der Waals surface area contributed by atoms with Gasteiger partial charge in [0.15, 0.2) is 0 Å². The standard InChI is InChI=1S/C30H46O3/c1-19(9-8-10-20(2)26(32)33)21-13-17-30(7)23-11-12-24-27(3,4)25(31)15-16-28(24,5)22(23)14-18-29(21,30)6/h10,19,21,24H,8-9,11-18H2,1-7H3,(H,32,33)/t19-,21-,24-,28+,29-,30+/m0/s1. The Morgan fingerprint density at radius 1 is 1.03 bits per heavy atom. The molecule has 4 rings (SSSR count). The second kappa shape index (κ2) is 8.09. The van der Waals surface area contributed by atoms with Gasteiger partial charge < -0.3 is 5.11 Å². The molecule has 0 aromatic heterocycles. The van der Waals surface area contributed by atoms with E-state index in [2.05, 4.69) is 41.5 Å². The summed E-state index contributed by atoms with van der Waals surface area (Å²) >= 11 is 0. The Morgan fingerprint density at radius 3 is 2.39 bits per heavy atom. The number of aliphatic carboxylic acids is 1. The van der Waals surface area contributed by atoms with E-state index in [1.165, 1.54) is 38.5 Å². The molecule has 0 heterocycles. The SMILES string of the molecule is CC(=CCC[C@H](C)[C@@H]1CC[C@]2(C)C3=C(CC[C@@]12C)[C@@]1(C)CCC(=O)C(C)(C)[C@@H]1CC3)C(=O)O. The van der Waals surface area contributed by atoms with Crippen LogP contribution in [-0.2, 0) is 9.59 Å². The normalized spacial score (nSPS) is 41.3. The number of hydrogen-bond donors (Lipinski definition) is 1. The van der Waals surface area contributed by atoms with E-state index in [0.717, 1.165) is 25.7 Å². The monoisotopic (exact) mass is 454 g/mol.